The number of amides is 1. The Morgan fingerprint density at radius 1 is 1.06 bits per heavy atom. The van der Waals surface area contributed by atoms with Crippen LogP contribution in [0.3, 0.4) is 0 Å². The molecule has 1 saturated carbocycles. The first-order chi connectivity index (χ1) is 15.8. The first kappa shape index (κ1) is 23.8. The minimum Gasteiger partial charge on any atom is -0.455 e. The highest BCUT2D eigenvalue weighted by molar-refractivity contribution is 5.93. The zero-order chi connectivity index (χ0) is 23.8. The summed E-state index contributed by atoms with van der Waals surface area (Å²) < 4.78 is 10.5. The molecule has 9 heteroatoms. The van der Waals surface area contributed by atoms with Crippen LogP contribution in [0.4, 0.5) is 5.69 Å². The van der Waals surface area contributed by atoms with E-state index in [1.807, 2.05) is 0 Å². The third kappa shape index (κ3) is 7.06. The van der Waals surface area contributed by atoms with Crippen molar-refractivity contribution in [3.8, 4) is 5.75 Å². The van der Waals surface area contributed by atoms with E-state index in [0.717, 1.165) is 25.7 Å². The molecule has 3 rings (SSSR count). The predicted molar refractivity (Wildman–Crippen MR) is 123 cm³/mol. The van der Waals surface area contributed by atoms with Crippen molar-refractivity contribution in [2.75, 3.05) is 19.0 Å². The van der Waals surface area contributed by atoms with E-state index < -0.39 is 11.9 Å². The molecule has 2 aromatic rings. The van der Waals surface area contributed by atoms with Gasteiger partial charge in [0, 0.05) is 18.8 Å². The van der Waals surface area contributed by atoms with Gasteiger partial charge in [0.15, 0.2) is 12.6 Å². The first-order valence-corrected chi connectivity index (χ1v) is 10.8. The van der Waals surface area contributed by atoms with Crippen LogP contribution in [0.1, 0.15) is 41.6 Å². The maximum absolute atomic E-state index is 12.3. The maximum Gasteiger partial charge on any atom is 0.343 e. The second-order valence-electron chi connectivity index (χ2n) is 7.93. The molecule has 0 spiro atoms. The van der Waals surface area contributed by atoms with Crippen molar-refractivity contribution < 1.29 is 23.9 Å². The summed E-state index contributed by atoms with van der Waals surface area (Å²) in [4.78, 5) is 38.3. The topological polar surface area (TPSA) is 135 Å². The van der Waals surface area contributed by atoms with Gasteiger partial charge in [-0.05, 0) is 54.8 Å². The van der Waals surface area contributed by atoms with E-state index in [1.54, 1.807) is 60.5 Å². The zero-order valence-electron chi connectivity index (χ0n) is 18.5. The van der Waals surface area contributed by atoms with E-state index >= 15 is 0 Å². The lowest BCUT2D eigenvalue weighted by Crippen LogP contribution is -2.38. The number of nitrogens with one attached hydrogen (secondary N) is 2. The molecule has 1 aliphatic carbocycles. The SMILES string of the molecule is CN(C(=O)COC(=O)Cc1ccc(OC(=O)c2ccc(NC(=N)N)cc2)cc1)C1CCCC1. The summed E-state index contributed by atoms with van der Waals surface area (Å²) in [5, 5.41) is 9.82. The van der Waals surface area contributed by atoms with Crippen LogP contribution >= 0.6 is 0 Å². The normalized spacial score (nSPS) is 13.2. The maximum atomic E-state index is 12.3. The number of hydrogen-bond donors (Lipinski definition) is 3. The number of anilines is 1. The molecule has 0 saturated heterocycles. The third-order valence-corrected chi connectivity index (χ3v) is 5.50. The minimum absolute atomic E-state index is 0.0132. The van der Waals surface area contributed by atoms with E-state index in [2.05, 4.69) is 5.32 Å². The molecule has 0 atom stereocenters. The molecule has 0 aliphatic heterocycles. The van der Waals surface area contributed by atoms with Crippen LogP contribution in [0.2, 0.25) is 0 Å². The van der Waals surface area contributed by atoms with Crippen molar-refractivity contribution in [2.24, 2.45) is 5.73 Å². The van der Waals surface area contributed by atoms with Gasteiger partial charge in [0.25, 0.3) is 5.91 Å². The van der Waals surface area contributed by atoms with E-state index in [4.69, 9.17) is 20.6 Å². The number of hydrogen-bond acceptors (Lipinski definition) is 6. The van der Waals surface area contributed by atoms with Crippen molar-refractivity contribution in [3.63, 3.8) is 0 Å². The van der Waals surface area contributed by atoms with Crippen molar-refractivity contribution >= 4 is 29.5 Å². The molecule has 0 aromatic heterocycles. The molecule has 0 bridgehead atoms. The van der Waals surface area contributed by atoms with E-state index in [1.165, 1.54) is 0 Å². The van der Waals surface area contributed by atoms with Crippen LogP contribution in [0, 0.1) is 5.41 Å². The van der Waals surface area contributed by atoms with Gasteiger partial charge in [0.1, 0.15) is 5.75 Å². The summed E-state index contributed by atoms with van der Waals surface area (Å²) >= 11 is 0. The number of ether oxygens (including phenoxy) is 2. The number of likely N-dealkylation sites (N-methyl/N-ethyl adjacent to an activating group) is 1. The minimum atomic E-state index is -0.540. The summed E-state index contributed by atoms with van der Waals surface area (Å²) in [7, 11) is 1.75. The second-order valence-corrected chi connectivity index (χ2v) is 7.93. The Hall–Kier alpha value is -3.88. The fourth-order valence-corrected chi connectivity index (χ4v) is 3.64. The molecule has 174 valence electrons. The van der Waals surface area contributed by atoms with Crippen LogP contribution in [-0.2, 0) is 20.7 Å². The average molecular weight is 453 g/mol. The molecule has 0 radical (unpaired) electrons. The highest BCUT2D eigenvalue weighted by atomic mass is 16.5. The van der Waals surface area contributed by atoms with Gasteiger partial charge in [-0.1, -0.05) is 25.0 Å². The quantitative estimate of drug-likeness (QED) is 0.243. The van der Waals surface area contributed by atoms with Crippen molar-refractivity contribution in [3.05, 3.63) is 59.7 Å². The highest BCUT2D eigenvalue weighted by Crippen LogP contribution is 2.22. The van der Waals surface area contributed by atoms with Gasteiger partial charge in [0.05, 0.1) is 12.0 Å². The third-order valence-electron chi connectivity index (χ3n) is 5.50. The molecule has 9 nitrogen and oxygen atoms in total. The smallest absolute Gasteiger partial charge is 0.343 e. The van der Waals surface area contributed by atoms with Gasteiger partial charge in [-0.15, -0.1) is 0 Å². The molecule has 1 fully saturated rings. The molecule has 0 heterocycles. The van der Waals surface area contributed by atoms with E-state index in [0.29, 0.717) is 22.6 Å². The lowest BCUT2D eigenvalue weighted by molar-refractivity contribution is -0.151. The van der Waals surface area contributed by atoms with Crippen molar-refractivity contribution in [2.45, 2.75) is 38.1 Å². The predicted octanol–water partition coefficient (Wildman–Crippen LogP) is 2.70. The van der Waals surface area contributed by atoms with Crippen LogP contribution in [0.25, 0.3) is 0 Å². The summed E-state index contributed by atoms with van der Waals surface area (Å²) in [6.07, 6.45) is 4.25. The van der Waals surface area contributed by atoms with Crippen LogP contribution in [0.15, 0.2) is 48.5 Å². The largest absolute Gasteiger partial charge is 0.455 e. The molecule has 2 aromatic carbocycles. The summed E-state index contributed by atoms with van der Waals surface area (Å²) in [5.74, 6) is -1.09. The fourth-order valence-electron chi connectivity index (χ4n) is 3.64. The number of esters is 2. The lowest BCUT2D eigenvalue weighted by Gasteiger charge is -2.24. The molecule has 33 heavy (non-hydrogen) atoms. The Morgan fingerprint density at radius 3 is 2.30 bits per heavy atom. The van der Waals surface area contributed by atoms with Gasteiger partial charge in [-0.25, -0.2) is 4.79 Å². The molecule has 0 unspecified atom stereocenters. The number of nitrogens with two attached hydrogens (primary N) is 1. The standard InChI is InChI=1S/C24H28N4O5/c1-28(19-4-2-3-5-19)21(29)15-32-22(30)14-16-6-12-20(13-7-16)33-23(31)17-8-10-18(11-9-17)27-24(25)26/h6-13,19H,2-5,14-15H2,1H3,(H4,25,26,27). The van der Waals surface area contributed by atoms with Crippen LogP contribution < -0.4 is 15.8 Å². The molecule has 1 aliphatic rings. The Kier molecular flexibility index (Phi) is 8.01. The van der Waals surface area contributed by atoms with Crippen LogP contribution in [0.5, 0.6) is 5.75 Å². The second kappa shape index (κ2) is 11.1. The summed E-state index contributed by atoms with van der Waals surface area (Å²) in [6, 6.07) is 13.1. The Bertz CT molecular complexity index is 999. The van der Waals surface area contributed by atoms with Crippen LogP contribution in [-0.4, -0.2) is 48.4 Å². The first-order valence-electron chi connectivity index (χ1n) is 10.8. The summed E-state index contributed by atoms with van der Waals surface area (Å²) in [6.45, 7) is -0.262. The number of carbonyl (C=O) groups excluding carboxylic acids is 3. The van der Waals surface area contributed by atoms with Gasteiger partial charge < -0.3 is 25.4 Å². The monoisotopic (exact) mass is 452 g/mol. The molecular formula is C24H28N4O5. The number of rotatable bonds is 8. The number of benzene rings is 2. The van der Waals surface area contributed by atoms with Crippen molar-refractivity contribution in [1.29, 1.82) is 5.41 Å². The zero-order valence-corrected chi connectivity index (χ0v) is 18.5. The number of carbonyl (C=O) groups is 3. The molecular weight excluding hydrogens is 424 g/mol. The highest BCUT2D eigenvalue weighted by Gasteiger charge is 2.24. The molecule has 4 N–H and O–H groups in total. The Labute approximate surface area is 192 Å². The van der Waals surface area contributed by atoms with E-state index in [-0.39, 0.29) is 30.9 Å². The molecule has 1 amide bonds. The van der Waals surface area contributed by atoms with Gasteiger partial charge in [-0.2, -0.15) is 0 Å². The lowest BCUT2D eigenvalue weighted by atomic mass is 10.1. The van der Waals surface area contributed by atoms with Gasteiger partial charge in [-0.3, -0.25) is 15.0 Å². The number of guanidine groups is 1. The van der Waals surface area contributed by atoms with E-state index in [9.17, 15) is 14.4 Å². The average Bonchev–Trinajstić information content (AvgIpc) is 3.33. The van der Waals surface area contributed by atoms with Gasteiger partial charge >= 0.3 is 11.9 Å². The Balaban J connectivity index is 1.45. The fraction of sp³-hybridized carbons (Fsp3) is 0.333. The van der Waals surface area contributed by atoms with Gasteiger partial charge in [0.2, 0.25) is 0 Å². The number of nitrogens with zero attached hydrogens (tertiary/aromatic N) is 1. The Morgan fingerprint density at radius 2 is 1.70 bits per heavy atom. The van der Waals surface area contributed by atoms with Crippen molar-refractivity contribution in [1.82, 2.24) is 4.90 Å². The summed E-state index contributed by atoms with van der Waals surface area (Å²) in [5.41, 5.74) is 6.87.